The Labute approximate surface area is 111 Å². The number of hydrogen-bond donors (Lipinski definition) is 1. The summed E-state index contributed by atoms with van der Waals surface area (Å²) in [6.07, 6.45) is 0. The first-order valence-corrected chi connectivity index (χ1v) is 6.99. The van der Waals surface area contributed by atoms with Crippen molar-refractivity contribution in [1.29, 1.82) is 0 Å². The van der Waals surface area contributed by atoms with Gasteiger partial charge in [-0.05, 0) is 18.5 Å². The molecule has 1 aromatic rings. The average molecular weight is 273 g/mol. The Hall–Kier alpha value is -0.680. The molecule has 1 aliphatic rings. The Balaban J connectivity index is 2.33. The Kier molecular flexibility index (Phi) is 3.68. The Bertz CT molecular complexity index is 416. The number of hydrogen-bond acceptors (Lipinski definition) is 5. The van der Waals surface area contributed by atoms with Crippen LogP contribution in [0.15, 0.2) is 0 Å². The third-order valence-corrected chi connectivity index (χ3v) is 4.20. The van der Waals surface area contributed by atoms with E-state index in [-0.39, 0.29) is 5.28 Å². The minimum atomic E-state index is 0.269. The first-order valence-electron chi connectivity index (χ1n) is 5.67. The fraction of sp³-hybridized carbons (Fsp3) is 0.636. The summed E-state index contributed by atoms with van der Waals surface area (Å²) in [5, 5.41) is 1.42. The van der Waals surface area contributed by atoms with E-state index in [2.05, 4.69) is 28.7 Å². The van der Waals surface area contributed by atoms with E-state index in [4.69, 9.17) is 17.3 Å². The lowest BCUT2D eigenvalue weighted by Gasteiger charge is -2.36. The number of nitrogen functional groups attached to an aromatic ring is 1. The second-order valence-electron chi connectivity index (χ2n) is 4.48. The normalized spacial score (nSPS) is 25.1. The Morgan fingerprint density at radius 1 is 1.29 bits per heavy atom. The third-order valence-electron chi connectivity index (χ3n) is 2.81. The Morgan fingerprint density at radius 2 is 1.88 bits per heavy atom. The second kappa shape index (κ2) is 4.90. The molecule has 2 unspecified atom stereocenters. The van der Waals surface area contributed by atoms with Crippen LogP contribution in [0.5, 0.6) is 0 Å². The number of thioether (sulfide) groups is 1. The van der Waals surface area contributed by atoms with Gasteiger partial charge in [0.2, 0.25) is 5.28 Å². The van der Waals surface area contributed by atoms with Gasteiger partial charge in [-0.15, -0.1) is 0 Å². The molecule has 4 nitrogen and oxygen atoms in total. The summed E-state index contributed by atoms with van der Waals surface area (Å²) in [5.74, 6) is 0.779. The van der Waals surface area contributed by atoms with E-state index in [1.807, 2.05) is 18.7 Å². The van der Waals surface area contributed by atoms with Gasteiger partial charge < -0.3 is 10.6 Å². The molecule has 0 spiro atoms. The molecule has 2 N–H and O–H groups in total. The SMILES string of the molecule is Cc1nc(Cl)nc(N2CC(C)SC(C)C2)c1N. The van der Waals surface area contributed by atoms with Crippen LogP contribution in [-0.2, 0) is 0 Å². The van der Waals surface area contributed by atoms with E-state index in [1.54, 1.807) is 0 Å². The first kappa shape index (κ1) is 12.8. The van der Waals surface area contributed by atoms with Gasteiger partial charge in [0, 0.05) is 23.6 Å². The van der Waals surface area contributed by atoms with Crippen LogP contribution in [0.4, 0.5) is 11.5 Å². The molecule has 1 fully saturated rings. The van der Waals surface area contributed by atoms with Crippen LogP contribution < -0.4 is 10.6 Å². The van der Waals surface area contributed by atoms with Gasteiger partial charge in [-0.1, -0.05) is 13.8 Å². The van der Waals surface area contributed by atoms with Crippen LogP contribution >= 0.6 is 23.4 Å². The van der Waals surface area contributed by atoms with Crippen molar-refractivity contribution in [3.8, 4) is 0 Å². The minimum Gasteiger partial charge on any atom is -0.394 e. The summed E-state index contributed by atoms with van der Waals surface area (Å²) in [6.45, 7) is 8.20. The zero-order chi connectivity index (χ0) is 12.6. The number of nitrogens with two attached hydrogens (primary N) is 1. The predicted octanol–water partition coefficient (Wildman–Crippen LogP) is 2.35. The van der Waals surface area contributed by atoms with Gasteiger partial charge in [0.05, 0.1) is 11.4 Å². The summed E-state index contributed by atoms with van der Waals surface area (Å²) < 4.78 is 0. The first-order chi connectivity index (χ1) is 7.97. The van der Waals surface area contributed by atoms with Crippen molar-refractivity contribution in [1.82, 2.24) is 9.97 Å². The van der Waals surface area contributed by atoms with Crippen LogP contribution in [0.3, 0.4) is 0 Å². The maximum atomic E-state index is 6.04. The van der Waals surface area contributed by atoms with Gasteiger partial charge in [-0.3, -0.25) is 0 Å². The molecule has 0 radical (unpaired) electrons. The van der Waals surface area contributed by atoms with Gasteiger partial charge in [0.15, 0.2) is 5.82 Å². The van der Waals surface area contributed by atoms with Gasteiger partial charge in [-0.25, -0.2) is 4.98 Å². The molecule has 1 aliphatic heterocycles. The fourth-order valence-corrected chi connectivity index (χ4v) is 3.66. The summed E-state index contributed by atoms with van der Waals surface area (Å²) in [4.78, 5) is 10.5. The topological polar surface area (TPSA) is 55.0 Å². The van der Waals surface area contributed by atoms with Crippen molar-refractivity contribution in [2.45, 2.75) is 31.3 Å². The van der Waals surface area contributed by atoms with Crippen molar-refractivity contribution in [3.63, 3.8) is 0 Å². The number of nitrogens with zero attached hydrogens (tertiary/aromatic N) is 3. The summed E-state index contributed by atoms with van der Waals surface area (Å²) in [7, 11) is 0. The van der Waals surface area contributed by atoms with E-state index < -0.39 is 0 Å². The number of anilines is 2. The number of rotatable bonds is 1. The Morgan fingerprint density at radius 3 is 2.47 bits per heavy atom. The molecule has 94 valence electrons. The predicted molar refractivity (Wildman–Crippen MR) is 74.9 cm³/mol. The molecule has 0 aliphatic carbocycles. The van der Waals surface area contributed by atoms with Crippen LogP contribution in [0, 0.1) is 6.92 Å². The maximum Gasteiger partial charge on any atom is 0.224 e. The molecule has 17 heavy (non-hydrogen) atoms. The minimum absolute atomic E-state index is 0.269. The molecular formula is C11H17ClN4S. The number of aromatic nitrogens is 2. The van der Waals surface area contributed by atoms with E-state index >= 15 is 0 Å². The van der Waals surface area contributed by atoms with Crippen LogP contribution in [-0.4, -0.2) is 33.6 Å². The highest BCUT2D eigenvalue weighted by atomic mass is 35.5. The monoisotopic (exact) mass is 272 g/mol. The molecule has 2 heterocycles. The highest BCUT2D eigenvalue weighted by Gasteiger charge is 2.25. The highest BCUT2D eigenvalue weighted by molar-refractivity contribution is 8.00. The van der Waals surface area contributed by atoms with Gasteiger partial charge in [-0.2, -0.15) is 16.7 Å². The number of halogens is 1. The second-order valence-corrected chi connectivity index (χ2v) is 6.70. The molecule has 0 amide bonds. The molecule has 0 aromatic carbocycles. The van der Waals surface area contributed by atoms with Gasteiger partial charge >= 0.3 is 0 Å². The molecular weight excluding hydrogens is 256 g/mol. The standard InChI is InChI=1S/C11H17ClN4S/c1-6-4-16(5-7(2)17-6)10-9(13)8(3)14-11(12)15-10/h6-7H,4-5,13H2,1-3H3. The lowest BCUT2D eigenvalue weighted by molar-refractivity contribution is 0.717. The van der Waals surface area contributed by atoms with Crippen molar-refractivity contribution in [2.75, 3.05) is 23.7 Å². The fourth-order valence-electron chi connectivity index (χ4n) is 2.12. The van der Waals surface area contributed by atoms with Crippen molar-refractivity contribution >= 4 is 34.9 Å². The van der Waals surface area contributed by atoms with E-state index in [9.17, 15) is 0 Å². The molecule has 2 rings (SSSR count). The molecule has 6 heteroatoms. The lowest BCUT2D eigenvalue weighted by atomic mass is 10.3. The summed E-state index contributed by atoms with van der Waals surface area (Å²) in [5.41, 5.74) is 7.43. The third kappa shape index (κ3) is 2.77. The lowest BCUT2D eigenvalue weighted by Crippen LogP contribution is -2.41. The molecule has 0 bridgehead atoms. The maximum absolute atomic E-state index is 6.04. The zero-order valence-electron chi connectivity index (χ0n) is 10.3. The van der Waals surface area contributed by atoms with E-state index in [0.29, 0.717) is 16.2 Å². The highest BCUT2D eigenvalue weighted by Crippen LogP contribution is 2.31. The summed E-state index contributed by atoms with van der Waals surface area (Å²) >= 11 is 7.90. The molecule has 1 saturated heterocycles. The number of aryl methyl sites for hydroxylation is 1. The van der Waals surface area contributed by atoms with Crippen LogP contribution in [0.25, 0.3) is 0 Å². The smallest absolute Gasteiger partial charge is 0.224 e. The van der Waals surface area contributed by atoms with Crippen molar-refractivity contribution in [2.24, 2.45) is 0 Å². The zero-order valence-corrected chi connectivity index (χ0v) is 11.8. The van der Waals surface area contributed by atoms with Crippen molar-refractivity contribution < 1.29 is 0 Å². The van der Waals surface area contributed by atoms with Crippen LogP contribution in [0.2, 0.25) is 5.28 Å². The van der Waals surface area contributed by atoms with Gasteiger partial charge in [0.25, 0.3) is 0 Å². The van der Waals surface area contributed by atoms with E-state index in [0.717, 1.165) is 24.6 Å². The molecule has 1 aromatic heterocycles. The largest absolute Gasteiger partial charge is 0.394 e. The molecule has 2 atom stereocenters. The van der Waals surface area contributed by atoms with Crippen LogP contribution in [0.1, 0.15) is 19.5 Å². The van der Waals surface area contributed by atoms with Crippen molar-refractivity contribution in [3.05, 3.63) is 11.0 Å². The molecule has 0 saturated carbocycles. The summed E-state index contributed by atoms with van der Waals surface area (Å²) in [6, 6.07) is 0. The van der Waals surface area contributed by atoms with E-state index in [1.165, 1.54) is 0 Å². The quantitative estimate of drug-likeness (QED) is 0.796. The van der Waals surface area contributed by atoms with Gasteiger partial charge in [0.1, 0.15) is 0 Å². The average Bonchev–Trinajstić information content (AvgIpc) is 2.22.